The van der Waals surface area contributed by atoms with E-state index in [0.29, 0.717) is 11.4 Å². The van der Waals surface area contributed by atoms with Crippen molar-refractivity contribution in [1.82, 2.24) is 10.2 Å². The number of nitrogens with one attached hydrogen (secondary N) is 1. The van der Waals surface area contributed by atoms with Crippen LogP contribution in [-0.2, 0) is 26.2 Å². The molecule has 0 aliphatic carbocycles. The molecule has 8 nitrogen and oxygen atoms in total. The molecule has 0 unspecified atom stereocenters. The van der Waals surface area contributed by atoms with Crippen LogP contribution in [-0.4, -0.2) is 50.9 Å². The number of carbonyl (C=O) groups is 2. The van der Waals surface area contributed by atoms with Crippen molar-refractivity contribution in [3.8, 4) is 5.75 Å². The normalized spacial score (nSPS) is 12.8. The number of ether oxygens (including phenoxy) is 1. The highest BCUT2D eigenvalue weighted by atomic mass is 79.9. The first kappa shape index (κ1) is 31.2. The molecule has 1 N–H and O–H groups in total. The summed E-state index contributed by atoms with van der Waals surface area (Å²) in [4.78, 5) is 28.5. The van der Waals surface area contributed by atoms with Gasteiger partial charge in [0, 0.05) is 17.1 Å². The highest BCUT2D eigenvalue weighted by Gasteiger charge is 2.32. The first-order chi connectivity index (χ1) is 19.0. The third-order valence-electron chi connectivity index (χ3n) is 6.66. The topological polar surface area (TPSA) is 96.0 Å². The highest BCUT2D eigenvalue weighted by Crippen LogP contribution is 2.26. The molecule has 0 radical (unpaired) electrons. The van der Waals surface area contributed by atoms with Gasteiger partial charge in [-0.25, -0.2) is 8.42 Å². The molecular formula is C30H36BrN3O5S. The van der Waals surface area contributed by atoms with Gasteiger partial charge >= 0.3 is 0 Å². The zero-order chi connectivity index (χ0) is 29.4. The van der Waals surface area contributed by atoms with E-state index in [1.165, 1.54) is 24.1 Å². The number of halogens is 1. The van der Waals surface area contributed by atoms with E-state index in [1.807, 2.05) is 45.0 Å². The number of hydrogen-bond donors (Lipinski definition) is 1. The molecule has 0 saturated heterocycles. The van der Waals surface area contributed by atoms with E-state index in [2.05, 4.69) is 21.2 Å². The zero-order valence-corrected chi connectivity index (χ0v) is 25.8. The summed E-state index contributed by atoms with van der Waals surface area (Å²) in [7, 11) is -2.65. The molecule has 0 saturated carbocycles. The molecule has 10 heteroatoms. The lowest BCUT2D eigenvalue weighted by Crippen LogP contribution is -2.52. The second-order valence-corrected chi connectivity index (χ2v) is 12.4. The van der Waals surface area contributed by atoms with Crippen LogP contribution in [0.15, 0.2) is 82.2 Å². The largest absolute Gasteiger partial charge is 0.497 e. The van der Waals surface area contributed by atoms with Gasteiger partial charge in [0.15, 0.2) is 0 Å². The Balaban J connectivity index is 2.02. The summed E-state index contributed by atoms with van der Waals surface area (Å²) in [5, 5.41) is 2.93. The monoisotopic (exact) mass is 629 g/mol. The van der Waals surface area contributed by atoms with E-state index in [-0.39, 0.29) is 23.4 Å². The van der Waals surface area contributed by atoms with Gasteiger partial charge < -0.3 is 15.0 Å². The smallest absolute Gasteiger partial charge is 0.264 e. The summed E-state index contributed by atoms with van der Waals surface area (Å²) in [5.41, 5.74) is 2.09. The van der Waals surface area contributed by atoms with E-state index in [9.17, 15) is 18.0 Å². The van der Waals surface area contributed by atoms with Crippen LogP contribution in [0.4, 0.5) is 5.69 Å². The lowest BCUT2D eigenvalue weighted by atomic mass is 10.1. The number of anilines is 1. The van der Waals surface area contributed by atoms with Crippen LogP contribution in [0.1, 0.15) is 38.3 Å². The Hall–Kier alpha value is -3.37. The van der Waals surface area contributed by atoms with Crippen LogP contribution in [0.2, 0.25) is 0 Å². The number of carbonyl (C=O) groups excluding carboxylic acids is 2. The fourth-order valence-electron chi connectivity index (χ4n) is 3.99. The predicted molar refractivity (Wildman–Crippen MR) is 161 cm³/mol. The van der Waals surface area contributed by atoms with Gasteiger partial charge in [-0.1, -0.05) is 52.7 Å². The molecule has 2 atom stereocenters. The Bertz CT molecular complexity index is 1410. The lowest BCUT2D eigenvalue weighted by molar-refractivity contribution is -0.139. The summed E-state index contributed by atoms with van der Waals surface area (Å²) >= 11 is 3.46. The van der Waals surface area contributed by atoms with Crippen LogP contribution < -0.4 is 14.4 Å². The Kier molecular flexibility index (Phi) is 10.8. The molecule has 214 valence electrons. The van der Waals surface area contributed by atoms with Crippen LogP contribution in [0.3, 0.4) is 0 Å². The quantitative estimate of drug-likeness (QED) is 0.294. The molecule has 40 heavy (non-hydrogen) atoms. The van der Waals surface area contributed by atoms with E-state index >= 15 is 0 Å². The van der Waals surface area contributed by atoms with Crippen LogP contribution in [0.25, 0.3) is 0 Å². The maximum absolute atomic E-state index is 14.0. The van der Waals surface area contributed by atoms with E-state index in [1.54, 1.807) is 43.3 Å². The SMILES string of the molecule is CC[C@@H](C)NC(=O)[C@H](C)N(Cc1cccc(Br)c1)C(=O)CN(c1ccc(C)cc1)S(=O)(=O)c1ccc(OC)cc1. The molecule has 0 spiro atoms. The predicted octanol–water partition coefficient (Wildman–Crippen LogP) is 5.29. The molecule has 0 fully saturated rings. The second kappa shape index (κ2) is 13.8. The minimum atomic E-state index is -4.15. The fraction of sp³-hybridized carbons (Fsp3) is 0.333. The number of hydrogen-bond acceptors (Lipinski definition) is 5. The number of nitrogens with zero attached hydrogens (tertiary/aromatic N) is 2. The molecular weight excluding hydrogens is 594 g/mol. The van der Waals surface area contributed by atoms with Gasteiger partial charge in [0.25, 0.3) is 10.0 Å². The zero-order valence-electron chi connectivity index (χ0n) is 23.4. The average molecular weight is 631 g/mol. The average Bonchev–Trinajstić information content (AvgIpc) is 2.94. The first-order valence-electron chi connectivity index (χ1n) is 13.0. The van der Waals surface area contributed by atoms with Crippen molar-refractivity contribution in [2.75, 3.05) is 18.0 Å². The van der Waals surface area contributed by atoms with Gasteiger partial charge in [0.05, 0.1) is 17.7 Å². The number of benzene rings is 3. The molecule has 0 aromatic heterocycles. The van der Waals surface area contributed by atoms with Crippen LogP contribution in [0.5, 0.6) is 5.75 Å². The Morgan fingerprint density at radius 1 is 1.00 bits per heavy atom. The van der Waals surface area contributed by atoms with Gasteiger partial charge in [-0.05, 0) is 81.3 Å². The Morgan fingerprint density at radius 3 is 2.23 bits per heavy atom. The minimum Gasteiger partial charge on any atom is -0.497 e. The molecule has 0 bridgehead atoms. The number of rotatable bonds is 12. The summed E-state index contributed by atoms with van der Waals surface area (Å²) in [6.07, 6.45) is 0.735. The molecule has 0 heterocycles. The molecule has 0 aliphatic rings. The maximum atomic E-state index is 14.0. The van der Waals surface area contributed by atoms with E-state index in [0.717, 1.165) is 26.3 Å². The number of amides is 2. The summed E-state index contributed by atoms with van der Waals surface area (Å²) in [6.45, 7) is 7.04. The Morgan fingerprint density at radius 2 is 1.65 bits per heavy atom. The van der Waals surface area contributed by atoms with Gasteiger partial charge in [0.2, 0.25) is 11.8 Å². The van der Waals surface area contributed by atoms with E-state index in [4.69, 9.17) is 4.74 Å². The molecule has 0 aliphatic heterocycles. The highest BCUT2D eigenvalue weighted by molar-refractivity contribution is 9.10. The molecule has 3 aromatic carbocycles. The molecule has 2 amide bonds. The summed E-state index contributed by atoms with van der Waals surface area (Å²) in [5.74, 6) is -0.305. The summed E-state index contributed by atoms with van der Waals surface area (Å²) in [6, 6.07) is 19.4. The van der Waals surface area contributed by atoms with Gasteiger partial charge in [-0.15, -0.1) is 0 Å². The van der Waals surface area contributed by atoms with Crippen molar-refractivity contribution in [2.45, 2.75) is 57.6 Å². The van der Waals surface area contributed by atoms with Gasteiger partial charge in [0.1, 0.15) is 18.3 Å². The van der Waals surface area contributed by atoms with Crippen LogP contribution >= 0.6 is 15.9 Å². The third kappa shape index (κ3) is 7.85. The number of aryl methyl sites for hydroxylation is 1. The standard InChI is InChI=1S/C30H36BrN3O5S/c1-6-22(3)32-30(36)23(4)33(19-24-8-7-9-25(31)18-24)29(35)20-34(26-12-10-21(2)11-13-26)40(37,38)28-16-14-27(39-5)15-17-28/h7-18,22-23H,6,19-20H2,1-5H3,(H,32,36)/t22-,23+/m1/s1. The lowest BCUT2D eigenvalue weighted by Gasteiger charge is -2.32. The van der Waals surface area contributed by atoms with E-state index < -0.39 is 28.5 Å². The fourth-order valence-corrected chi connectivity index (χ4v) is 5.86. The third-order valence-corrected chi connectivity index (χ3v) is 8.94. The second-order valence-electron chi connectivity index (χ2n) is 9.67. The van der Waals surface area contributed by atoms with Gasteiger partial charge in [-0.3, -0.25) is 13.9 Å². The van der Waals surface area contributed by atoms with Crippen molar-refractivity contribution in [3.05, 3.63) is 88.4 Å². The van der Waals surface area contributed by atoms with Gasteiger partial charge in [-0.2, -0.15) is 0 Å². The summed E-state index contributed by atoms with van der Waals surface area (Å²) < 4.78 is 34.9. The van der Waals surface area contributed by atoms with Crippen molar-refractivity contribution in [1.29, 1.82) is 0 Å². The Labute approximate surface area is 245 Å². The van der Waals surface area contributed by atoms with Crippen molar-refractivity contribution in [3.63, 3.8) is 0 Å². The first-order valence-corrected chi connectivity index (χ1v) is 15.3. The maximum Gasteiger partial charge on any atom is 0.264 e. The molecule has 3 rings (SSSR count). The van der Waals surface area contributed by atoms with Crippen LogP contribution in [0, 0.1) is 6.92 Å². The van der Waals surface area contributed by atoms with Crippen molar-refractivity contribution < 1.29 is 22.7 Å². The number of methoxy groups -OCH3 is 1. The van der Waals surface area contributed by atoms with Crippen molar-refractivity contribution in [2.24, 2.45) is 0 Å². The molecule has 3 aromatic rings. The van der Waals surface area contributed by atoms with Crippen molar-refractivity contribution >= 4 is 43.5 Å². The minimum absolute atomic E-state index is 0.0165. The number of sulfonamides is 1.